The molecule has 1 aliphatic heterocycles. The summed E-state index contributed by atoms with van der Waals surface area (Å²) in [7, 11) is 0. The molecule has 1 aliphatic carbocycles. The van der Waals surface area contributed by atoms with Crippen molar-refractivity contribution in [2.75, 3.05) is 42.9 Å². The van der Waals surface area contributed by atoms with Crippen LogP contribution in [0.2, 0.25) is 0 Å². The molecule has 35 heavy (non-hydrogen) atoms. The third-order valence-corrected chi connectivity index (χ3v) is 7.06. The second-order valence-electron chi connectivity index (χ2n) is 9.53. The Morgan fingerprint density at radius 3 is 2.26 bits per heavy atom. The van der Waals surface area contributed by atoms with E-state index in [1.165, 1.54) is 31.2 Å². The van der Waals surface area contributed by atoms with Crippen molar-refractivity contribution in [2.45, 2.75) is 44.8 Å². The van der Waals surface area contributed by atoms with Crippen LogP contribution in [0, 0.1) is 18.7 Å². The number of nitrogens with one attached hydrogen (secondary N) is 2. The number of carbonyl (C=O) groups excluding carboxylic acids is 1. The maximum absolute atomic E-state index is 13.2. The summed E-state index contributed by atoms with van der Waals surface area (Å²) >= 11 is 0. The molecule has 4 rings (SSSR count). The third-order valence-electron chi connectivity index (χ3n) is 7.06. The van der Waals surface area contributed by atoms with Gasteiger partial charge >= 0.3 is 12.2 Å². The van der Waals surface area contributed by atoms with Gasteiger partial charge in [0.15, 0.2) is 0 Å². The highest BCUT2D eigenvalue weighted by atomic mass is 19.4. The lowest BCUT2D eigenvalue weighted by Gasteiger charge is -2.36. The van der Waals surface area contributed by atoms with Crippen molar-refractivity contribution in [2.24, 2.45) is 5.92 Å². The van der Waals surface area contributed by atoms with E-state index in [2.05, 4.69) is 15.5 Å². The molecule has 0 bridgehead atoms. The fourth-order valence-corrected chi connectivity index (χ4v) is 4.93. The van der Waals surface area contributed by atoms with Crippen molar-refractivity contribution < 1.29 is 22.4 Å². The van der Waals surface area contributed by atoms with Crippen LogP contribution in [-0.2, 0) is 6.18 Å². The minimum Gasteiger partial charge on any atom is -0.382 e. The second kappa shape index (κ2) is 10.7. The van der Waals surface area contributed by atoms with Crippen LogP contribution >= 0.6 is 0 Å². The Morgan fingerprint density at radius 2 is 1.63 bits per heavy atom. The van der Waals surface area contributed by atoms with E-state index < -0.39 is 11.7 Å². The standard InChI is InChI=1S/C26H32F4N4O/c1-18-2-7-22(16-24(18)26(28,29)30)32-21-8-3-19(4-9-21)17-31-25(35)34-14-12-33(13-15-34)23-10-5-20(27)6-11-23/h2,5-7,10-11,16,19,21,32H,3-4,8-9,12-15,17H2,1H3,(H,31,35). The van der Waals surface area contributed by atoms with Gasteiger partial charge in [-0.05, 0) is 80.5 Å². The Hall–Kier alpha value is -2.97. The highest BCUT2D eigenvalue weighted by Crippen LogP contribution is 2.34. The van der Waals surface area contributed by atoms with Crippen molar-refractivity contribution in [1.29, 1.82) is 0 Å². The normalized spacial score (nSPS) is 21.1. The Labute approximate surface area is 203 Å². The molecule has 1 saturated carbocycles. The maximum atomic E-state index is 13.2. The van der Waals surface area contributed by atoms with Crippen LogP contribution in [0.3, 0.4) is 0 Å². The first-order valence-electron chi connectivity index (χ1n) is 12.2. The monoisotopic (exact) mass is 492 g/mol. The first-order chi connectivity index (χ1) is 16.7. The summed E-state index contributed by atoms with van der Waals surface area (Å²) in [5.74, 6) is 0.101. The molecule has 2 aromatic carbocycles. The number of amides is 2. The number of piperazine rings is 1. The zero-order valence-corrected chi connectivity index (χ0v) is 19.9. The molecule has 0 unspecified atom stereocenters. The number of rotatable bonds is 5. The third kappa shape index (κ3) is 6.58. The highest BCUT2D eigenvalue weighted by molar-refractivity contribution is 5.74. The van der Waals surface area contributed by atoms with E-state index in [4.69, 9.17) is 0 Å². The Morgan fingerprint density at radius 1 is 0.971 bits per heavy atom. The SMILES string of the molecule is Cc1ccc(NC2CCC(CNC(=O)N3CCN(c4ccc(F)cc4)CC3)CC2)cc1C(F)(F)F. The largest absolute Gasteiger partial charge is 0.416 e. The van der Waals surface area contributed by atoms with Crippen molar-refractivity contribution >= 4 is 17.4 Å². The molecule has 2 aromatic rings. The van der Waals surface area contributed by atoms with E-state index in [0.717, 1.165) is 31.4 Å². The lowest BCUT2D eigenvalue weighted by Crippen LogP contribution is -2.52. The van der Waals surface area contributed by atoms with Crippen molar-refractivity contribution in [1.82, 2.24) is 10.2 Å². The van der Waals surface area contributed by atoms with Crippen LogP contribution < -0.4 is 15.5 Å². The molecule has 9 heteroatoms. The number of hydrogen-bond donors (Lipinski definition) is 2. The minimum absolute atomic E-state index is 0.0664. The van der Waals surface area contributed by atoms with Gasteiger partial charge in [0.1, 0.15) is 5.82 Å². The van der Waals surface area contributed by atoms with Gasteiger partial charge in [-0.1, -0.05) is 6.07 Å². The van der Waals surface area contributed by atoms with Crippen LogP contribution in [0.25, 0.3) is 0 Å². The van der Waals surface area contributed by atoms with E-state index in [1.54, 1.807) is 18.2 Å². The topological polar surface area (TPSA) is 47.6 Å². The average molecular weight is 493 g/mol. The molecule has 2 amide bonds. The Kier molecular flexibility index (Phi) is 7.72. The minimum atomic E-state index is -4.36. The number of aryl methyl sites for hydroxylation is 1. The molecule has 2 fully saturated rings. The van der Waals surface area contributed by atoms with Crippen molar-refractivity contribution in [3.63, 3.8) is 0 Å². The van der Waals surface area contributed by atoms with Gasteiger partial charge in [0.05, 0.1) is 5.56 Å². The first kappa shape index (κ1) is 25.1. The zero-order valence-electron chi connectivity index (χ0n) is 19.9. The predicted octanol–water partition coefficient (Wildman–Crippen LogP) is 5.66. The smallest absolute Gasteiger partial charge is 0.382 e. The summed E-state index contributed by atoms with van der Waals surface area (Å²) in [6.07, 6.45) is -0.827. The molecule has 0 aromatic heterocycles. The number of benzene rings is 2. The molecule has 0 atom stereocenters. The lowest BCUT2D eigenvalue weighted by atomic mass is 9.86. The van der Waals surface area contributed by atoms with E-state index in [9.17, 15) is 22.4 Å². The fraction of sp³-hybridized carbons (Fsp3) is 0.500. The van der Waals surface area contributed by atoms with Crippen LogP contribution in [0.4, 0.5) is 33.7 Å². The summed E-state index contributed by atoms with van der Waals surface area (Å²) in [6, 6.07) is 10.9. The molecule has 1 saturated heterocycles. The van der Waals surface area contributed by atoms with Gasteiger partial charge in [-0.2, -0.15) is 13.2 Å². The second-order valence-corrected chi connectivity index (χ2v) is 9.53. The number of nitrogens with zero attached hydrogens (tertiary/aromatic N) is 2. The summed E-state index contributed by atoms with van der Waals surface area (Å²) in [6.45, 7) is 4.69. The number of anilines is 2. The molecule has 5 nitrogen and oxygen atoms in total. The maximum Gasteiger partial charge on any atom is 0.416 e. The summed E-state index contributed by atoms with van der Waals surface area (Å²) in [5.41, 5.74) is 1.08. The number of carbonyl (C=O) groups is 1. The molecule has 1 heterocycles. The van der Waals surface area contributed by atoms with E-state index in [0.29, 0.717) is 44.3 Å². The van der Waals surface area contributed by atoms with Crippen molar-refractivity contribution in [3.8, 4) is 0 Å². The van der Waals surface area contributed by atoms with Gasteiger partial charge in [0.2, 0.25) is 0 Å². The van der Waals surface area contributed by atoms with Crippen LogP contribution in [-0.4, -0.2) is 49.7 Å². The molecule has 0 radical (unpaired) electrons. The quantitative estimate of drug-likeness (QED) is 0.530. The fourth-order valence-electron chi connectivity index (χ4n) is 4.93. The van der Waals surface area contributed by atoms with E-state index >= 15 is 0 Å². The van der Waals surface area contributed by atoms with Gasteiger partial charge in [0.25, 0.3) is 0 Å². The van der Waals surface area contributed by atoms with Gasteiger partial charge in [-0.3, -0.25) is 0 Å². The average Bonchev–Trinajstić information content (AvgIpc) is 2.84. The molecular formula is C26H32F4N4O. The lowest BCUT2D eigenvalue weighted by molar-refractivity contribution is -0.138. The Bertz CT molecular complexity index is 995. The summed E-state index contributed by atoms with van der Waals surface area (Å²) in [5, 5.41) is 6.31. The van der Waals surface area contributed by atoms with Crippen LogP contribution in [0.15, 0.2) is 42.5 Å². The summed E-state index contributed by atoms with van der Waals surface area (Å²) in [4.78, 5) is 16.6. The van der Waals surface area contributed by atoms with E-state index in [-0.39, 0.29) is 23.5 Å². The number of alkyl halides is 3. The highest BCUT2D eigenvalue weighted by Gasteiger charge is 2.33. The number of urea groups is 1. The molecule has 2 aliphatic rings. The molecule has 190 valence electrons. The Balaban J connectivity index is 1.17. The molecule has 0 spiro atoms. The van der Waals surface area contributed by atoms with Gasteiger partial charge in [-0.25, -0.2) is 9.18 Å². The van der Waals surface area contributed by atoms with Crippen molar-refractivity contribution in [3.05, 3.63) is 59.4 Å². The van der Waals surface area contributed by atoms with Gasteiger partial charge in [0, 0.05) is 50.1 Å². The number of hydrogen-bond acceptors (Lipinski definition) is 3. The summed E-state index contributed by atoms with van der Waals surface area (Å²) < 4.78 is 52.6. The number of halogens is 4. The first-order valence-corrected chi connectivity index (χ1v) is 12.2. The molecule has 2 N–H and O–H groups in total. The van der Waals surface area contributed by atoms with Gasteiger partial charge in [-0.15, -0.1) is 0 Å². The predicted molar refractivity (Wildman–Crippen MR) is 129 cm³/mol. The van der Waals surface area contributed by atoms with Crippen LogP contribution in [0.1, 0.15) is 36.8 Å². The zero-order chi connectivity index (χ0) is 25.0. The van der Waals surface area contributed by atoms with Gasteiger partial charge < -0.3 is 20.4 Å². The molecular weight excluding hydrogens is 460 g/mol. The van der Waals surface area contributed by atoms with E-state index in [1.807, 2.05) is 4.90 Å². The van der Waals surface area contributed by atoms with Crippen LogP contribution in [0.5, 0.6) is 0 Å².